The van der Waals surface area contributed by atoms with Crippen LogP contribution in [0.3, 0.4) is 0 Å². The van der Waals surface area contributed by atoms with Crippen LogP contribution in [-0.4, -0.2) is 12.1 Å². The smallest absolute Gasteiger partial charge is 0.416 e. The number of hydrogen-bond donors (Lipinski definition) is 0. The second-order valence-corrected chi connectivity index (χ2v) is 6.11. The Morgan fingerprint density at radius 3 is 2.20 bits per heavy atom. The zero-order valence-corrected chi connectivity index (χ0v) is 14.0. The van der Waals surface area contributed by atoms with Crippen molar-refractivity contribution in [2.45, 2.75) is 12.8 Å². The molecule has 0 aliphatic heterocycles. The average Bonchev–Trinajstić information content (AvgIpc) is 3.09. The number of methoxy groups -OCH3 is 1. The molecule has 3 nitrogen and oxygen atoms in total. The van der Waals surface area contributed by atoms with E-state index in [1.165, 1.54) is 23.5 Å². The lowest BCUT2D eigenvalue weighted by Crippen LogP contribution is -2.04. The first-order chi connectivity index (χ1) is 12.0. The van der Waals surface area contributed by atoms with E-state index in [0.717, 1.165) is 22.9 Å². The molecule has 0 saturated heterocycles. The van der Waals surface area contributed by atoms with Gasteiger partial charge in [0.1, 0.15) is 23.1 Å². The maximum absolute atomic E-state index is 12.6. The second-order valence-electron chi connectivity index (χ2n) is 5.17. The molecule has 3 rings (SSSR count). The van der Waals surface area contributed by atoms with Crippen LogP contribution in [0.15, 0.2) is 53.9 Å². The van der Waals surface area contributed by atoms with E-state index >= 15 is 0 Å². The van der Waals surface area contributed by atoms with Crippen molar-refractivity contribution in [2.75, 3.05) is 7.11 Å². The Kier molecular flexibility index (Phi) is 4.94. The summed E-state index contributed by atoms with van der Waals surface area (Å²) in [6.45, 7) is 0.289. The molecule has 0 bridgehead atoms. The molecular formula is C18H14F3NO2S. The SMILES string of the molecule is COc1ccc(OCc2nc(-c3ccc(C(F)(F)F)cc3)cs2)cc1. The molecule has 0 aliphatic carbocycles. The molecule has 7 heteroatoms. The van der Waals surface area contributed by atoms with E-state index in [1.54, 1.807) is 36.8 Å². The number of hydrogen-bond acceptors (Lipinski definition) is 4. The van der Waals surface area contributed by atoms with Crippen LogP contribution >= 0.6 is 11.3 Å². The summed E-state index contributed by atoms with van der Waals surface area (Å²) in [5.41, 5.74) is 0.599. The molecular weight excluding hydrogens is 351 g/mol. The molecule has 0 saturated carbocycles. The van der Waals surface area contributed by atoms with Crippen LogP contribution in [0, 0.1) is 0 Å². The van der Waals surface area contributed by atoms with Gasteiger partial charge in [-0.3, -0.25) is 0 Å². The standard InChI is InChI=1S/C18H14F3NO2S/c1-23-14-6-8-15(9-7-14)24-10-17-22-16(11-25-17)12-2-4-13(5-3-12)18(19,20)21/h2-9,11H,10H2,1H3. The molecule has 0 N–H and O–H groups in total. The first kappa shape index (κ1) is 17.3. The number of halogens is 3. The summed E-state index contributed by atoms with van der Waals surface area (Å²) in [7, 11) is 1.59. The fraction of sp³-hybridized carbons (Fsp3) is 0.167. The molecule has 130 valence electrons. The molecule has 25 heavy (non-hydrogen) atoms. The summed E-state index contributed by atoms with van der Waals surface area (Å²) >= 11 is 1.40. The monoisotopic (exact) mass is 365 g/mol. The second kappa shape index (κ2) is 7.14. The summed E-state index contributed by atoms with van der Waals surface area (Å²) in [5, 5.41) is 2.54. The highest BCUT2D eigenvalue weighted by Crippen LogP contribution is 2.31. The van der Waals surface area contributed by atoms with Crippen molar-refractivity contribution in [2.24, 2.45) is 0 Å². The molecule has 1 aromatic heterocycles. The Morgan fingerprint density at radius 1 is 0.960 bits per heavy atom. The number of aromatic nitrogens is 1. The van der Waals surface area contributed by atoms with Crippen LogP contribution < -0.4 is 9.47 Å². The van der Waals surface area contributed by atoms with Gasteiger partial charge in [0, 0.05) is 10.9 Å². The number of thiazole rings is 1. The highest BCUT2D eigenvalue weighted by atomic mass is 32.1. The van der Waals surface area contributed by atoms with Crippen LogP contribution in [0.2, 0.25) is 0 Å². The molecule has 2 aromatic carbocycles. The van der Waals surface area contributed by atoms with Crippen molar-refractivity contribution in [3.63, 3.8) is 0 Å². The third-order valence-corrected chi connectivity index (χ3v) is 4.30. The molecule has 1 heterocycles. The van der Waals surface area contributed by atoms with E-state index in [1.807, 2.05) is 0 Å². The highest BCUT2D eigenvalue weighted by Gasteiger charge is 2.30. The summed E-state index contributed by atoms with van der Waals surface area (Å²) in [6, 6.07) is 12.1. The molecule has 3 aromatic rings. The highest BCUT2D eigenvalue weighted by molar-refractivity contribution is 7.09. The molecule has 0 amide bonds. The minimum Gasteiger partial charge on any atom is -0.497 e. The first-order valence-electron chi connectivity index (χ1n) is 7.34. The lowest BCUT2D eigenvalue weighted by Gasteiger charge is -2.06. The number of nitrogens with zero attached hydrogens (tertiary/aromatic N) is 1. The van der Waals surface area contributed by atoms with E-state index in [0.29, 0.717) is 17.0 Å². The number of rotatable bonds is 5. The van der Waals surface area contributed by atoms with Crippen molar-refractivity contribution in [3.05, 3.63) is 64.5 Å². The summed E-state index contributed by atoms with van der Waals surface area (Å²) in [5.74, 6) is 1.43. The fourth-order valence-corrected chi connectivity index (χ4v) is 2.87. The van der Waals surface area contributed by atoms with Gasteiger partial charge in [0.25, 0.3) is 0 Å². The van der Waals surface area contributed by atoms with Crippen molar-refractivity contribution in [1.29, 1.82) is 0 Å². The van der Waals surface area contributed by atoms with Gasteiger partial charge in [-0.1, -0.05) is 12.1 Å². The topological polar surface area (TPSA) is 31.4 Å². The third kappa shape index (κ3) is 4.30. The van der Waals surface area contributed by atoms with Gasteiger partial charge in [0.05, 0.1) is 18.4 Å². The van der Waals surface area contributed by atoms with E-state index in [2.05, 4.69) is 4.98 Å². The van der Waals surface area contributed by atoms with Gasteiger partial charge in [-0.05, 0) is 36.4 Å². The molecule has 0 aliphatic rings. The number of alkyl halides is 3. The average molecular weight is 365 g/mol. The van der Waals surface area contributed by atoms with Crippen LogP contribution in [0.5, 0.6) is 11.5 Å². The van der Waals surface area contributed by atoms with Crippen molar-refractivity contribution >= 4 is 11.3 Å². The summed E-state index contributed by atoms with van der Waals surface area (Å²) in [4.78, 5) is 4.41. The maximum atomic E-state index is 12.6. The van der Waals surface area contributed by atoms with Gasteiger partial charge >= 0.3 is 6.18 Å². The van der Waals surface area contributed by atoms with Gasteiger partial charge in [-0.15, -0.1) is 11.3 Å². The predicted molar refractivity (Wildman–Crippen MR) is 89.9 cm³/mol. The maximum Gasteiger partial charge on any atom is 0.416 e. The zero-order valence-electron chi connectivity index (χ0n) is 13.2. The number of benzene rings is 2. The summed E-state index contributed by atoms with van der Waals surface area (Å²) in [6.07, 6.45) is -4.34. The normalized spacial score (nSPS) is 11.4. The molecule has 0 atom stereocenters. The van der Waals surface area contributed by atoms with Gasteiger partial charge in [0.15, 0.2) is 0 Å². The van der Waals surface area contributed by atoms with E-state index in [4.69, 9.17) is 9.47 Å². The predicted octanol–water partition coefficient (Wildman–Crippen LogP) is 5.42. The molecule has 0 unspecified atom stereocenters. The minimum atomic E-state index is -4.34. The Bertz CT molecular complexity index is 827. The van der Waals surface area contributed by atoms with Gasteiger partial charge in [-0.25, -0.2) is 4.98 Å². The van der Waals surface area contributed by atoms with E-state index < -0.39 is 11.7 Å². The Hall–Kier alpha value is -2.54. The van der Waals surface area contributed by atoms with Crippen molar-refractivity contribution in [1.82, 2.24) is 4.98 Å². The lowest BCUT2D eigenvalue weighted by atomic mass is 10.1. The minimum absolute atomic E-state index is 0.289. The number of ether oxygens (including phenoxy) is 2. The van der Waals surface area contributed by atoms with Crippen molar-refractivity contribution in [3.8, 4) is 22.8 Å². The Labute approximate surface area is 146 Å². The largest absolute Gasteiger partial charge is 0.497 e. The van der Waals surface area contributed by atoms with Crippen LogP contribution in [0.25, 0.3) is 11.3 Å². The first-order valence-corrected chi connectivity index (χ1v) is 8.22. The molecule has 0 radical (unpaired) electrons. The Balaban J connectivity index is 1.65. The van der Waals surface area contributed by atoms with Crippen LogP contribution in [-0.2, 0) is 12.8 Å². The lowest BCUT2D eigenvalue weighted by molar-refractivity contribution is -0.137. The van der Waals surface area contributed by atoms with Gasteiger partial charge < -0.3 is 9.47 Å². The van der Waals surface area contributed by atoms with E-state index in [9.17, 15) is 13.2 Å². The quantitative estimate of drug-likeness (QED) is 0.605. The van der Waals surface area contributed by atoms with Crippen LogP contribution in [0.4, 0.5) is 13.2 Å². The zero-order chi connectivity index (χ0) is 17.9. The van der Waals surface area contributed by atoms with E-state index in [-0.39, 0.29) is 6.61 Å². The summed E-state index contributed by atoms with van der Waals surface area (Å²) < 4.78 is 48.5. The molecule has 0 fully saturated rings. The third-order valence-electron chi connectivity index (χ3n) is 3.48. The van der Waals surface area contributed by atoms with Crippen molar-refractivity contribution < 1.29 is 22.6 Å². The fourth-order valence-electron chi connectivity index (χ4n) is 2.16. The molecule has 0 spiro atoms. The Morgan fingerprint density at radius 2 is 1.60 bits per heavy atom. The van der Waals surface area contributed by atoms with Crippen LogP contribution in [0.1, 0.15) is 10.6 Å². The van der Waals surface area contributed by atoms with Gasteiger partial charge in [-0.2, -0.15) is 13.2 Å². The van der Waals surface area contributed by atoms with Gasteiger partial charge in [0.2, 0.25) is 0 Å².